The minimum Gasteiger partial charge on any atom is -0.493 e. The Labute approximate surface area is 197 Å². The number of amides is 2. The quantitative estimate of drug-likeness (QED) is 0.352. The molecule has 9 heteroatoms. The van der Waals surface area contributed by atoms with E-state index in [2.05, 4.69) is 15.8 Å². The minimum atomic E-state index is -0.491. The fourth-order valence-electron chi connectivity index (χ4n) is 3.37. The van der Waals surface area contributed by atoms with Gasteiger partial charge in [-0.25, -0.2) is 5.43 Å². The Kier molecular flexibility index (Phi) is 8.28. The summed E-state index contributed by atoms with van der Waals surface area (Å²) >= 11 is 0. The van der Waals surface area contributed by atoms with Gasteiger partial charge in [-0.3, -0.25) is 9.59 Å². The number of carbonyl (C=O) groups excluding carboxylic acids is 2. The second kappa shape index (κ2) is 11.6. The summed E-state index contributed by atoms with van der Waals surface area (Å²) in [5, 5.41) is 8.57. The minimum absolute atomic E-state index is 0.253. The molecule has 0 aliphatic rings. The summed E-state index contributed by atoms with van der Waals surface area (Å²) < 4.78 is 21.5. The molecule has 3 rings (SSSR count). The largest absolute Gasteiger partial charge is 0.493 e. The van der Waals surface area contributed by atoms with Gasteiger partial charge in [0.2, 0.25) is 5.75 Å². The zero-order valence-corrected chi connectivity index (χ0v) is 19.5. The van der Waals surface area contributed by atoms with Crippen LogP contribution in [0.5, 0.6) is 23.0 Å². The van der Waals surface area contributed by atoms with Crippen LogP contribution in [0.1, 0.15) is 22.8 Å². The zero-order valence-electron chi connectivity index (χ0n) is 19.5. The van der Waals surface area contributed by atoms with Gasteiger partial charge in [-0.15, -0.1) is 0 Å². The Morgan fingerprint density at radius 3 is 2.29 bits per heavy atom. The fourth-order valence-corrected chi connectivity index (χ4v) is 3.37. The van der Waals surface area contributed by atoms with E-state index in [9.17, 15) is 9.59 Å². The zero-order chi connectivity index (χ0) is 24.5. The summed E-state index contributed by atoms with van der Waals surface area (Å²) in [4.78, 5) is 24.8. The molecule has 3 aromatic rings. The first-order valence-corrected chi connectivity index (χ1v) is 10.6. The number of hydrogen-bond acceptors (Lipinski definition) is 7. The number of nitrogens with one attached hydrogen (secondary N) is 2. The number of carbonyl (C=O) groups is 2. The van der Waals surface area contributed by atoms with E-state index in [-0.39, 0.29) is 12.1 Å². The maximum atomic E-state index is 12.5. The van der Waals surface area contributed by atoms with Gasteiger partial charge >= 0.3 is 0 Å². The number of nitrogens with zero attached hydrogens (tertiary/aromatic N) is 1. The highest BCUT2D eigenvalue weighted by atomic mass is 16.5. The van der Waals surface area contributed by atoms with Crippen LogP contribution in [-0.2, 0) is 4.79 Å². The summed E-state index contributed by atoms with van der Waals surface area (Å²) in [6.45, 7) is 2.12. The van der Waals surface area contributed by atoms with Gasteiger partial charge in [0.25, 0.3) is 11.8 Å². The van der Waals surface area contributed by atoms with Crippen molar-refractivity contribution in [2.45, 2.75) is 6.92 Å². The van der Waals surface area contributed by atoms with Gasteiger partial charge in [-0.1, -0.05) is 30.3 Å². The molecule has 0 saturated heterocycles. The maximum Gasteiger partial charge on any atom is 0.259 e. The number of rotatable bonds is 10. The van der Waals surface area contributed by atoms with Gasteiger partial charge in [0.15, 0.2) is 11.5 Å². The maximum absolute atomic E-state index is 12.5. The number of methoxy groups -OCH3 is 3. The van der Waals surface area contributed by atoms with Crippen LogP contribution in [-0.4, -0.2) is 52.5 Å². The van der Waals surface area contributed by atoms with E-state index in [0.29, 0.717) is 29.6 Å². The molecule has 0 aliphatic carbocycles. The van der Waals surface area contributed by atoms with E-state index in [1.165, 1.54) is 39.7 Å². The number of fused-ring (bicyclic) bond motifs is 1. The molecule has 178 valence electrons. The van der Waals surface area contributed by atoms with E-state index in [0.717, 1.165) is 16.3 Å². The van der Waals surface area contributed by atoms with Crippen LogP contribution < -0.4 is 29.7 Å². The van der Waals surface area contributed by atoms with Crippen molar-refractivity contribution in [3.05, 3.63) is 59.7 Å². The highest BCUT2D eigenvalue weighted by Crippen LogP contribution is 2.38. The third-order valence-corrected chi connectivity index (χ3v) is 4.95. The highest BCUT2D eigenvalue weighted by Gasteiger charge is 2.17. The number of benzene rings is 3. The summed E-state index contributed by atoms with van der Waals surface area (Å²) in [7, 11) is 4.38. The van der Waals surface area contributed by atoms with Gasteiger partial charge in [0, 0.05) is 11.1 Å². The highest BCUT2D eigenvalue weighted by molar-refractivity contribution is 6.03. The van der Waals surface area contributed by atoms with Gasteiger partial charge in [-0.05, 0) is 35.9 Å². The Morgan fingerprint density at radius 1 is 0.941 bits per heavy atom. The van der Waals surface area contributed by atoms with Crippen LogP contribution in [0.15, 0.2) is 53.6 Å². The molecule has 0 fully saturated rings. The average molecular weight is 466 g/mol. The van der Waals surface area contributed by atoms with Crippen molar-refractivity contribution in [2.75, 3.05) is 34.5 Å². The van der Waals surface area contributed by atoms with Crippen LogP contribution in [0.25, 0.3) is 10.8 Å². The Hall–Kier alpha value is -4.27. The topological polar surface area (TPSA) is 107 Å². The molecular formula is C25H27N3O6. The van der Waals surface area contributed by atoms with Gasteiger partial charge in [-0.2, -0.15) is 5.10 Å². The van der Waals surface area contributed by atoms with Gasteiger partial charge in [0.1, 0.15) is 5.75 Å². The van der Waals surface area contributed by atoms with Crippen molar-refractivity contribution in [1.82, 2.24) is 10.7 Å². The van der Waals surface area contributed by atoms with Crippen molar-refractivity contribution in [3.8, 4) is 23.0 Å². The number of hydrogen-bond donors (Lipinski definition) is 2. The Balaban J connectivity index is 1.66. The monoisotopic (exact) mass is 465 g/mol. The second-order valence-corrected chi connectivity index (χ2v) is 7.02. The molecule has 0 bridgehead atoms. The molecule has 0 heterocycles. The fraction of sp³-hybridized carbons (Fsp3) is 0.240. The predicted molar refractivity (Wildman–Crippen MR) is 129 cm³/mol. The molecule has 0 spiro atoms. The lowest BCUT2D eigenvalue weighted by Gasteiger charge is -2.14. The van der Waals surface area contributed by atoms with E-state index in [1.54, 1.807) is 0 Å². The van der Waals surface area contributed by atoms with E-state index in [1.807, 2.05) is 43.3 Å². The lowest BCUT2D eigenvalue weighted by Crippen LogP contribution is -2.35. The third kappa shape index (κ3) is 5.55. The van der Waals surface area contributed by atoms with Gasteiger partial charge in [0.05, 0.1) is 40.7 Å². The molecule has 0 saturated carbocycles. The SMILES string of the molecule is CCOc1ccc2ccccc2c1/C=N/NC(=O)CNC(=O)c1cc(OC)c(OC)c(OC)c1. The molecule has 34 heavy (non-hydrogen) atoms. The average Bonchev–Trinajstić information content (AvgIpc) is 2.87. The van der Waals surface area contributed by atoms with Gasteiger partial charge < -0.3 is 24.3 Å². The third-order valence-electron chi connectivity index (χ3n) is 4.95. The molecule has 0 aromatic heterocycles. The van der Waals surface area contributed by atoms with Crippen LogP contribution in [0.4, 0.5) is 0 Å². The Bertz CT molecular complexity index is 1180. The summed E-state index contributed by atoms with van der Waals surface area (Å²) in [6.07, 6.45) is 1.53. The van der Waals surface area contributed by atoms with Crippen molar-refractivity contribution in [1.29, 1.82) is 0 Å². The normalized spacial score (nSPS) is 10.7. The van der Waals surface area contributed by atoms with Crippen molar-refractivity contribution >= 4 is 28.8 Å². The molecule has 0 unspecified atom stereocenters. The molecule has 2 amide bonds. The molecule has 0 radical (unpaired) electrons. The number of ether oxygens (including phenoxy) is 4. The molecule has 3 aromatic carbocycles. The number of hydrazone groups is 1. The molecule has 2 N–H and O–H groups in total. The first-order valence-electron chi connectivity index (χ1n) is 10.6. The van der Waals surface area contributed by atoms with E-state index in [4.69, 9.17) is 18.9 Å². The smallest absolute Gasteiger partial charge is 0.259 e. The van der Waals surface area contributed by atoms with Crippen LogP contribution >= 0.6 is 0 Å². The van der Waals surface area contributed by atoms with E-state index < -0.39 is 11.8 Å². The predicted octanol–water partition coefficient (Wildman–Crippen LogP) is 3.14. The molecule has 0 atom stereocenters. The van der Waals surface area contributed by atoms with Crippen molar-refractivity contribution < 1.29 is 28.5 Å². The molecule has 0 aliphatic heterocycles. The molecular weight excluding hydrogens is 438 g/mol. The summed E-state index contributed by atoms with van der Waals surface area (Å²) in [6, 6.07) is 14.7. The van der Waals surface area contributed by atoms with Crippen LogP contribution in [0.2, 0.25) is 0 Å². The van der Waals surface area contributed by atoms with E-state index >= 15 is 0 Å². The van der Waals surface area contributed by atoms with Crippen LogP contribution in [0.3, 0.4) is 0 Å². The summed E-state index contributed by atoms with van der Waals surface area (Å²) in [5.74, 6) is 0.729. The Morgan fingerprint density at radius 2 is 1.65 bits per heavy atom. The second-order valence-electron chi connectivity index (χ2n) is 7.02. The lowest BCUT2D eigenvalue weighted by molar-refractivity contribution is -0.120. The standard InChI is InChI=1S/C25H27N3O6/c1-5-34-20-11-10-16-8-6-7-9-18(16)19(20)14-27-28-23(29)15-26-25(30)17-12-21(31-2)24(33-4)22(13-17)32-3/h6-14H,5,15H2,1-4H3,(H,26,30)(H,28,29)/b27-14+. The first kappa shape index (κ1) is 24.4. The lowest BCUT2D eigenvalue weighted by atomic mass is 10.0. The van der Waals surface area contributed by atoms with Crippen molar-refractivity contribution in [2.24, 2.45) is 5.10 Å². The first-order chi connectivity index (χ1) is 16.5. The molecule has 9 nitrogen and oxygen atoms in total. The van der Waals surface area contributed by atoms with Crippen molar-refractivity contribution in [3.63, 3.8) is 0 Å². The summed E-state index contributed by atoms with van der Waals surface area (Å²) in [5.41, 5.74) is 3.43. The van der Waals surface area contributed by atoms with Crippen LogP contribution in [0, 0.1) is 0 Å².